The lowest BCUT2D eigenvalue weighted by Gasteiger charge is -2.29. The van der Waals surface area contributed by atoms with Gasteiger partial charge in [0, 0.05) is 6.42 Å². The van der Waals surface area contributed by atoms with Gasteiger partial charge in [-0.3, -0.25) is 9.36 Å². The van der Waals surface area contributed by atoms with Crippen molar-refractivity contribution in [1.82, 2.24) is 5.32 Å². The van der Waals surface area contributed by atoms with Crippen LogP contribution in [0.4, 0.5) is 0 Å². The molecule has 0 aromatic rings. The molecule has 0 aliphatic carbocycles. The van der Waals surface area contributed by atoms with E-state index in [1.165, 1.54) is 154 Å². The molecule has 0 rings (SSSR count). The van der Waals surface area contributed by atoms with Gasteiger partial charge in [0.25, 0.3) is 7.82 Å². The van der Waals surface area contributed by atoms with E-state index in [2.05, 4.69) is 79.9 Å². The Labute approximate surface area is 426 Å². The molecule has 2 N–H and O–H groups in total. The first-order valence-corrected chi connectivity index (χ1v) is 29.9. The molecule has 0 spiro atoms. The van der Waals surface area contributed by atoms with E-state index in [9.17, 15) is 19.4 Å². The van der Waals surface area contributed by atoms with E-state index >= 15 is 0 Å². The molecule has 0 fully saturated rings. The predicted octanol–water partition coefficient (Wildman–Crippen LogP) is 16.6. The van der Waals surface area contributed by atoms with Crippen molar-refractivity contribution < 1.29 is 32.9 Å². The largest absolute Gasteiger partial charge is 0.756 e. The third-order valence-electron chi connectivity index (χ3n) is 12.4. The van der Waals surface area contributed by atoms with Crippen LogP contribution in [0, 0.1) is 0 Å². The quantitative estimate of drug-likeness (QED) is 0.0272. The van der Waals surface area contributed by atoms with Gasteiger partial charge in [-0.15, -0.1) is 0 Å². The predicted molar refractivity (Wildman–Crippen MR) is 297 cm³/mol. The van der Waals surface area contributed by atoms with Crippen LogP contribution in [0.25, 0.3) is 0 Å². The van der Waals surface area contributed by atoms with E-state index < -0.39 is 26.6 Å². The topological polar surface area (TPSA) is 108 Å². The number of phosphoric ester groups is 1. The van der Waals surface area contributed by atoms with E-state index in [1.54, 1.807) is 6.08 Å². The summed E-state index contributed by atoms with van der Waals surface area (Å²) in [6.45, 7) is 4.49. The number of hydrogen-bond acceptors (Lipinski definition) is 6. The Morgan fingerprint density at radius 2 is 0.884 bits per heavy atom. The highest BCUT2D eigenvalue weighted by atomic mass is 31.2. The first-order chi connectivity index (χ1) is 33.5. The standard InChI is InChI=1S/C60H109N2O6P/c1-6-8-10-12-14-16-18-20-22-24-26-27-28-29-30-31-32-33-34-36-37-39-41-43-45-47-49-51-53-59(63)58(57-68-69(65,66)67-56-55-62(3,4)5)61-60(64)54-52-50-48-46-44-42-40-38-35-25-23-21-19-17-15-13-11-9-7-2/h9,11,15,17,21,23,35,38,42,44,48,50-51,53,58-59,63H,6-8,10,12-14,16,18-20,22,24-34,36-37,39-41,43,45-47,49,52,54-57H2,1-5H3,(H-,61,64,65,66)/b11-9-,17-15-,23-21-,38-35-,44-42-,50-48-,53-51+. The maximum Gasteiger partial charge on any atom is 0.268 e. The van der Waals surface area contributed by atoms with Crippen LogP contribution in [0.3, 0.4) is 0 Å². The second-order valence-corrected chi connectivity index (χ2v) is 21.7. The maximum absolute atomic E-state index is 12.9. The van der Waals surface area contributed by atoms with Gasteiger partial charge in [-0.05, 0) is 57.8 Å². The molecule has 0 radical (unpaired) electrons. The number of phosphoric acid groups is 1. The van der Waals surface area contributed by atoms with Crippen molar-refractivity contribution in [1.29, 1.82) is 0 Å². The molecule has 3 unspecified atom stereocenters. The summed E-state index contributed by atoms with van der Waals surface area (Å²) in [7, 11) is 1.21. The summed E-state index contributed by atoms with van der Waals surface area (Å²) in [5.41, 5.74) is 0. The van der Waals surface area contributed by atoms with Crippen LogP contribution in [-0.4, -0.2) is 68.5 Å². The molecule has 0 aromatic heterocycles. The third kappa shape index (κ3) is 53.3. The Kier molecular flexibility index (Phi) is 48.9. The molecule has 1 amide bonds. The summed E-state index contributed by atoms with van der Waals surface area (Å²) < 4.78 is 23.3. The van der Waals surface area contributed by atoms with Crippen LogP contribution in [0.2, 0.25) is 0 Å². The number of nitrogens with one attached hydrogen (secondary N) is 1. The zero-order valence-corrected chi connectivity index (χ0v) is 46.4. The number of quaternary nitrogens is 1. The number of aliphatic hydroxyl groups excluding tert-OH is 1. The number of hydrogen-bond donors (Lipinski definition) is 2. The Balaban J connectivity index is 4.29. The highest BCUT2D eigenvalue weighted by molar-refractivity contribution is 7.45. The van der Waals surface area contributed by atoms with Gasteiger partial charge in [-0.2, -0.15) is 0 Å². The van der Waals surface area contributed by atoms with Crippen molar-refractivity contribution in [3.8, 4) is 0 Å². The fourth-order valence-corrected chi connectivity index (χ4v) is 8.66. The van der Waals surface area contributed by atoms with E-state index in [0.29, 0.717) is 17.4 Å². The lowest BCUT2D eigenvalue weighted by molar-refractivity contribution is -0.870. The maximum atomic E-state index is 12.9. The van der Waals surface area contributed by atoms with Gasteiger partial charge in [-0.25, -0.2) is 0 Å². The molecule has 0 aliphatic rings. The average Bonchev–Trinajstić information content (AvgIpc) is 3.31. The Hall–Kier alpha value is -2.32. The zero-order chi connectivity index (χ0) is 50.6. The highest BCUT2D eigenvalue weighted by Crippen LogP contribution is 2.38. The van der Waals surface area contributed by atoms with Gasteiger partial charge in [-0.1, -0.05) is 259 Å². The number of nitrogens with zero attached hydrogens (tertiary/aromatic N) is 1. The molecule has 9 heteroatoms. The van der Waals surface area contributed by atoms with Crippen molar-refractivity contribution in [2.24, 2.45) is 0 Å². The van der Waals surface area contributed by atoms with Gasteiger partial charge >= 0.3 is 0 Å². The SMILES string of the molecule is CC/C=C\C/C=C\C/C=C\C/C=C\C/C=C\C/C=C\CCC(=O)NC(COP(=O)([O-])OCC[N+](C)(C)C)C(O)/C=C/CCCCCCCCCCCCCCCCCCCCCCCCCCCC. The number of amides is 1. The number of carbonyl (C=O) groups is 1. The second-order valence-electron chi connectivity index (χ2n) is 20.3. The van der Waals surface area contributed by atoms with E-state index in [-0.39, 0.29) is 18.9 Å². The number of aliphatic hydroxyl groups is 1. The lowest BCUT2D eigenvalue weighted by Crippen LogP contribution is -2.45. The Bertz CT molecular complexity index is 1400. The van der Waals surface area contributed by atoms with E-state index in [0.717, 1.165) is 57.8 Å². The summed E-state index contributed by atoms with van der Waals surface area (Å²) in [4.78, 5) is 25.4. The third-order valence-corrected chi connectivity index (χ3v) is 13.3. The molecule has 3 atom stereocenters. The zero-order valence-electron chi connectivity index (χ0n) is 45.5. The van der Waals surface area contributed by atoms with Crippen LogP contribution in [0.5, 0.6) is 0 Å². The molecule has 400 valence electrons. The Morgan fingerprint density at radius 1 is 0.522 bits per heavy atom. The number of unbranched alkanes of at least 4 members (excludes halogenated alkanes) is 26. The van der Waals surface area contributed by atoms with Crippen LogP contribution in [0.15, 0.2) is 85.1 Å². The van der Waals surface area contributed by atoms with Crippen LogP contribution < -0.4 is 10.2 Å². The molecule has 0 aromatic carbocycles. The van der Waals surface area contributed by atoms with E-state index in [1.807, 2.05) is 39.4 Å². The van der Waals surface area contributed by atoms with Crippen LogP contribution in [0.1, 0.15) is 239 Å². The van der Waals surface area contributed by atoms with Crippen LogP contribution in [-0.2, 0) is 18.4 Å². The number of carbonyl (C=O) groups excluding carboxylic acids is 1. The molecule has 0 aliphatic heterocycles. The van der Waals surface area contributed by atoms with Gasteiger partial charge in [0.05, 0.1) is 39.9 Å². The number of likely N-dealkylation sites (N-methyl/N-ethyl adjacent to an activating group) is 1. The fraction of sp³-hybridized carbons (Fsp3) is 0.750. The van der Waals surface area contributed by atoms with Crippen molar-refractivity contribution in [3.63, 3.8) is 0 Å². The minimum Gasteiger partial charge on any atom is -0.756 e. The molecule has 69 heavy (non-hydrogen) atoms. The minimum atomic E-state index is -4.62. The van der Waals surface area contributed by atoms with E-state index in [4.69, 9.17) is 9.05 Å². The summed E-state index contributed by atoms with van der Waals surface area (Å²) in [6.07, 6.45) is 71.1. The van der Waals surface area contributed by atoms with Crippen molar-refractivity contribution >= 4 is 13.7 Å². The average molecular weight is 986 g/mol. The first-order valence-electron chi connectivity index (χ1n) is 28.4. The molecule has 0 saturated carbocycles. The van der Waals surface area contributed by atoms with Gasteiger partial charge in [0.2, 0.25) is 5.91 Å². The summed E-state index contributed by atoms with van der Waals surface area (Å²) in [6, 6.07) is -0.933. The van der Waals surface area contributed by atoms with Crippen molar-refractivity contribution in [2.45, 2.75) is 251 Å². The summed E-state index contributed by atoms with van der Waals surface area (Å²) in [5, 5.41) is 13.8. The fourth-order valence-electron chi connectivity index (χ4n) is 7.94. The number of rotatable bonds is 51. The minimum absolute atomic E-state index is 0.0185. The lowest BCUT2D eigenvalue weighted by atomic mass is 10.0. The Morgan fingerprint density at radius 3 is 1.26 bits per heavy atom. The second kappa shape index (κ2) is 50.6. The monoisotopic (exact) mass is 985 g/mol. The molecular formula is C60H109N2O6P. The first kappa shape index (κ1) is 66.7. The smallest absolute Gasteiger partial charge is 0.268 e. The van der Waals surface area contributed by atoms with Gasteiger partial charge < -0.3 is 28.8 Å². The number of allylic oxidation sites excluding steroid dienone is 13. The summed E-state index contributed by atoms with van der Waals surface area (Å²) in [5.74, 6) is -0.280. The van der Waals surface area contributed by atoms with Crippen molar-refractivity contribution in [2.75, 3.05) is 40.9 Å². The van der Waals surface area contributed by atoms with Gasteiger partial charge in [0.1, 0.15) is 13.2 Å². The molecule has 0 heterocycles. The highest BCUT2D eigenvalue weighted by Gasteiger charge is 2.23. The molecule has 8 nitrogen and oxygen atoms in total. The molecular weight excluding hydrogens is 876 g/mol. The molecule has 0 bridgehead atoms. The van der Waals surface area contributed by atoms with Crippen LogP contribution >= 0.6 is 7.82 Å². The summed E-state index contributed by atoms with van der Waals surface area (Å²) >= 11 is 0. The van der Waals surface area contributed by atoms with Crippen molar-refractivity contribution in [3.05, 3.63) is 85.1 Å². The molecule has 0 saturated heterocycles. The normalized spacial score (nSPS) is 14.6. The van der Waals surface area contributed by atoms with Gasteiger partial charge in [0.15, 0.2) is 0 Å².